The molecule has 0 fully saturated rings. The number of esters is 2. The highest BCUT2D eigenvalue weighted by atomic mass is 16.6. The highest BCUT2D eigenvalue weighted by Gasteiger charge is 2.47. The summed E-state index contributed by atoms with van der Waals surface area (Å²) in [5.74, 6) is 0.385. The summed E-state index contributed by atoms with van der Waals surface area (Å²) in [6.07, 6.45) is 3.85. The van der Waals surface area contributed by atoms with Gasteiger partial charge in [0.1, 0.15) is 50.1 Å². The lowest BCUT2D eigenvalue weighted by Crippen LogP contribution is -2.29. The molecular weight excluding hydrogens is 773 g/mol. The second-order valence-electron chi connectivity index (χ2n) is 14.6. The van der Waals surface area contributed by atoms with E-state index in [0.29, 0.717) is 11.5 Å². The molecule has 10 heteroatoms. The first kappa shape index (κ1) is 42.8. The molecule has 314 valence electrons. The summed E-state index contributed by atoms with van der Waals surface area (Å²) >= 11 is 0. The van der Waals surface area contributed by atoms with Crippen molar-refractivity contribution in [1.82, 2.24) is 0 Å². The maximum atomic E-state index is 11.6. The number of carbonyl (C=O) groups is 2. The number of carbonyl (C=O) groups excluding carboxylic acids is 2. The number of fused-ring (bicyclic) bond motifs is 5. The Morgan fingerprint density at radius 2 is 0.885 bits per heavy atom. The van der Waals surface area contributed by atoms with Gasteiger partial charge < -0.3 is 38.6 Å². The number of aliphatic hydroxyl groups is 2. The van der Waals surface area contributed by atoms with E-state index in [1.165, 1.54) is 34.4 Å². The molecule has 0 saturated heterocycles. The molecule has 2 unspecified atom stereocenters. The van der Waals surface area contributed by atoms with Gasteiger partial charge in [0.25, 0.3) is 0 Å². The lowest BCUT2D eigenvalue weighted by Gasteiger charge is -2.36. The third kappa shape index (κ3) is 9.38. The van der Waals surface area contributed by atoms with E-state index in [2.05, 4.69) is 97.1 Å². The fraction of sp³-hybridized carbons (Fsp3) is 0.255. The quantitative estimate of drug-likeness (QED) is 0.0442. The summed E-state index contributed by atoms with van der Waals surface area (Å²) in [5.41, 5.74) is 6.12. The number of hydrogen-bond donors (Lipinski definition) is 2. The van der Waals surface area contributed by atoms with Gasteiger partial charge in [0.15, 0.2) is 0 Å². The first-order valence-electron chi connectivity index (χ1n) is 20.5. The molecule has 0 spiro atoms. The molecule has 1 aliphatic rings. The Kier molecular flexibility index (Phi) is 14.3. The van der Waals surface area contributed by atoms with Crippen LogP contribution in [0.5, 0.6) is 11.5 Å². The molecule has 61 heavy (non-hydrogen) atoms. The Morgan fingerprint density at radius 3 is 1.33 bits per heavy atom. The third-order valence-corrected chi connectivity index (χ3v) is 10.6. The van der Waals surface area contributed by atoms with Crippen molar-refractivity contribution in [2.75, 3.05) is 52.9 Å². The van der Waals surface area contributed by atoms with Gasteiger partial charge in [-0.2, -0.15) is 0 Å². The molecular formula is C51H50O10. The van der Waals surface area contributed by atoms with Gasteiger partial charge in [0.05, 0.1) is 31.8 Å². The molecule has 6 aromatic rings. The summed E-state index contributed by atoms with van der Waals surface area (Å²) < 4.78 is 34.1. The minimum absolute atomic E-state index is 0.000661. The van der Waals surface area contributed by atoms with Gasteiger partial charge in [0.2, 0.25) is 0 Å². The molecule has 0 heterocycles. The molecule has 2 N–H and O–H groups in total. The topological polar surface area (TPSA) is 130 Å². The third-order valence-electron chi connectivity index (χ3n) is 10.6. The molecule has 6 aromatic carbocycles. The summed E-state index contributed by atoms with van der Waals surface area (Å²) in [6, 6.07) is 42.2. The molecule has 2 atom stereocenters. The van der Waals surface area contributed by atoms with E-state index in [9.17, 15) is 19.8 Å². The van der Waals surface area contributed by atoms with Crippen molar-refractivity contribution in [2.24, 2.45) is 0 Å². The first-order valence-corrected chi connectivity index (χ1v) is 20.5. The molecule has 0 aliphatic heterocycles. The summed E-state index contributed by atoms with van der Waals surface area (Å²) in [5, 5.41) is 24.4. The maximum absolute atomic E-state index is 11.6. The Labute approximate surface area is 355 Å². The average molecular weight is 823 g/mol. The normalized spacial score (nSPS) is 13.9. The van der Waals surface area contributed by atoms with E-state index in [0.717, 1.165) is 32.7 Å². The Balaban J connectivity index is 1.19. The van der Waals surface area contributed by atoms with Crippen LogP contribution in [0.4, 0.5) is 0 Å². The fourth-order valence-electron chi connectivity index (χ4n) is 8.11. The lowest BCUT2D eigenvalue weighted by molar-refractivity contribution is -0.142. The van der Waals surface area contributed by atoms with E-state index < -0.39 is 29.6 Å². The molecule has 0 aromatic heterocycles. The zero-order valence-corrected chi connectivity index (χ0v) is 34.3. The van der Waals surface area contributed by atoms with Gasteiger partial charge in [-0.05, 0) is 70.1 Å². The first-order chi connectivity index (χ1) is 29.9. The van der Waals surface area contributed by atoms with Crippen LogP contribution < -0.4 is 9.47 Å². The van der Waals surface area contributed by atoms with Gasteiger partial charge in [0, 0.05) is 22.9 Å². The van der Waals surface area contributed by atoms with Crippen LogP contribution in [-0.4, -0.2) is 87.2 Å². The zero-order valence-electron chi connectivity index (χ0n) is 34.3. The monoisotopic (exact) mass is 822 g/mol. The van der Waals surface area contributed by atoms with Crippen LogP contribution in [0.1, 0.15) is 36.1 Å². The smallest absolute Gasteiger partial charge is 0.330 e. The zero-order chi connectivity index (χ0) is 42.6. The van der Waals surface area contributed by atoms with Crippen molar-refractivity contribution >= 4 is 33.5 Å². The van der Waals surface area contributed by atoms with Crippen LogP contribution >= 0.6 is 0 Å². The Morgan fingerprint density at radius 1 is 0.492 bits per heavy atom. The van der Waals surface area contributed by atoms with E-state index in [1.807, 2.05) is 24.3 Å². The van der Waals surface area contributed by atoms with E-state index in [1.54, 1.807) is 26.0 Å². The highest BCUT2D eigenvalue weighted by molar-refractivity contribution is 6.01. The predicted molar refractivity (Wildman–Crippen MR) is 235 cm³/mol. The number of ether oxygens (including phenoxy) is 6. The van der Waals surface area contributed by atoms with Gasteiger partial charge >= 0.3 is 11.9 Å². The largest absolute Gasteiger partial charge is 0.491 e. The molecule has 7 rings (SSSR count). The number of allylic oxidation sites excluding steroid dienone is 2. The number of rotatable bonds is 20. The second-order valence-corrected chi connectivity index (χ2v) is 14.6. The van der Waals surface area contributed by atoms with Crippen LogP contribution in [0.2, 0.25) is 0 Å². The van der Waals surface area contributed by atoms with E-state index in [4.69, 9.17) is 28.4 Å². The van der Waals surface area contributed by atoms with Crippen molar-refractivity contribution in [1.29, 1.82) is 0 Å². The molecule has 0 bridgehead atoms. The van der Waals surface area contributed by atoms with Crippen molar-refractivity contribution < 1.29 is 48.2 Å². The minimum Gasteiger partial charge on any atom is -0.491 e. The van der Waals surface area contributed by atoms with Crippen molar-refractivity contribution in [2.45, 2.75) is 31.5 Å². The summed E-state index contributed by atoms with van der Waals surface area (Å²) in [4.78, 5) is 23.2. The van der Waals surface area contributed by atoms with E-state index in [-0.39, 0.29) is 52.9 Å². The number of aliphatic hydroxyl groups excluding tert-OH is 2. The van der Waals surface area contributed by atoms with Crippen LogP contribution in [0.15, 0.2) is 146 Å². The SMILES string of the molecule is CC=CC(=O)OCC(O)COCCOc1cccc2c(C3(c4cccc5c(OCCOCC(O)COC(=O)C=CC)cccc45)c4ccccc4-c4ccccc43)cccc12. The van der Waals surface area contributed by atoms with E-state index >= 15 is 0 Å². The highest BCUT2D eigenvalue weighted by Crippen LogP contribution is 2.58. The molecule has 0 amide bonds. The maximum Gasteiger partial charge on any atom is 0.330 e. The minimum atomic E-state index is -0.952. The summed E-state index contributed by atoms with van der Waals surface area (Å²) in [7, 11) is 0. The van der Waals surface area contributed by atoms with Crippen molar-refractivity contribution in [3.05, 3.63) is 168 Å². The van der Waals surface area contributed by atoms with Gasteiger partial charge in [-0.3, -0.25) is 0 Å². The molecule has 10 nitrogen and oxygen atoms in total. The lowest BCUT2D eigenvalue weighted by atomic mass is 9.65. The predicted octanol–water partition coefficient (Wildman–Crippen LogP) is 8.11. The molecule has 0 saturated carbocycles. The molecule has 0 radical (unpaired) electrons. The van der Waals surface area contributed by atoms with Crippen LogP contribution in [0.25, 0.3) is 32.7 Å². The number of hydrogen-bond acceptors (Lipinski definition) is 10. The molecule has 1 aliphatic carbocycles. The van der Waals surface area contributed by atoms with Crippen LogP contribution in [0, 0.1) is 0 Å². The van der Waals surface area contributed by atoms with Gasteiger partial charge in [-0.15, -0.1) is 0 Å². The van der Waals surface area contributed by atoms with Crippen LogP contribution in [-0.2, 0) is 34.0 Å². The Hall–Kier alpha value is -6.30. The van der Waals surface area contributed by atoms with Gasteiger partial charge in [-0.25, -0.2) is 9.59 Å². The second kappa shape index (κ2) is 20.3. The van der Waals surface area contributed by atoms with Gasteiger partial charge in [-0.1, -0.05) is 121 Å². The fourth-order valence-corrected chi connectivity index (χ4v) is 8.11. The average Bonchev–Trinajstić information content (AvgIpc) is 3.58. The Bertz CT molecular complexity index is 2350. The van der Waals surface area contributed by atoms with Crippen LogP contribution in [0.3, 0.4) is 0 Å². The summed E-state index contributed by atoms with van der Waals surface area (Å²) in [6.45, 7) is 4.06. The van der Waals surface area contributed by atoms with Crippen molar-refractivity contribution in [3.63, 3.8) is 0 Å². The standard InChI is InChI=1S/C51H50O10/c1-3-13-49(54)60-33-35(52)31-56-27-29-58-47-25-11-17-39-41(47)19-9-23-45(39)51(43-21-7-5-15-37(43)38-16-6-8-22-44(38)51)46-24-10-20-42-40(46)18-12-26-48(42)59-30-28-57-32-36(53)34-61-50(55)14-4-2/h3-26,35-36,52-53H,27-34H2,1-2H3. The number of benzene rings is 6. The van der Waals surface area contributed by atoms with Crippen molar-refractivity contribution in [3.8, 4) is 22.6 Å².